The van der Waals surface area contributed by atoms with Crippen molar-refractivity contribution in [2.45, 2.75) is 38.3 Å². The molecule has 1 heterocycles. The van der Waals surface area contributed by atoms with Crippen LogP contribution >= 0.6 is 0 Å². The summed E-state index contributed by atoms with van der Waals surface area (Å²) in [6.45, 7) is 7.68. The zero-order valence-electron chi connectivity index (χ0n) is 13.8. The van der Waals surface area contributed by atoms with E-state index < -0.39 is 0 Å². The summed E-state index contributed by atoms with van der Waals surface area (Å²) in [5.74, 6) is 0. The zero-order valence-corrected chi connectivity index (χ0v) is 13.8. The van der Waals surface area contributed by atoms with Crippen molar-refractivity contribution in [1.29, 1.82) is 0 Å². The molecule has 0 amide bonds. The standard InChI is InChI=1S/C17H30N4O/c1-4-7-17(16(5-2)19-3)21(10-11-22)15(13-18)12-14-8-6-9-20-14/h4-5,7,11,14-15,19-20H,1,6,8-10,12-13,18H2,2-3H3/b16-5+,17-7+. The molecule has 1 saturated heterocycles. The first-order valence-electron chi connectivity index (χ1n) is 8.02. The molecule has 2 unspecified atom stereocenters. The molecule has 0 aromatic heterocycles. The molecule has 0 aromatic rings. The van der Waals surface area contributed by atoms with Gasteiger partial charge in [-0.25, -0.2) is 0 Å². The predicted molar refractivity (Wildman–Crippen MR) is 92.4 cm³/mol. The van der Waals surface area contributed by atoms with E-state index in [1.54, 1.807) is 6.08 Å². The first-order valence-corrected chi connectivity index (χ1v) is 8.02. The van der Waals surface area contributed by atoms with Crippen molar-refractivity contribution in [3.05, 3.63) is 36.2 Å². The topological polar surface area (TPSA) is 70.4 Å². The van der Waals surface area contributed by atoms with E-state index in [1.165, 1.54) is 12.8 Å². The number of aldehydes is 1. The van der Waals surface area contributed by atoms with Gasteiger partial charge >= 0.3 is 0 Å². The molecule has 1 aliphatic rings. The number of nitrogens with zero attached hydrogens (tertiary/aromatic N) is 1. The Kier molecular flexibility index (Phi) is 8.55. The minimum Gasteiger partial charge on any atom is -0.387 e. The summed E-state index contributed by atoms with van der Waals surface area (Å²) < 4.78 is 0. The third kappa shape index (κ3) is 5.00. The second-order valence-electron chi connectivity index (χ2n) is 5.48. The molecule has 0 spiro atoms. The van der Waals surface area contributed by atoms with Gasteiger partial charge in [-0.15, -0.1) is 0 Å². The van der Waals surface area contributed by atoms with Gasteiger partial charge in [0.15, 0.2) is 0 Å². The van der Waals surface area contributed by atoms with Crippen LogP contribution in [0.4, 0.5) is 0 Å². The summed E-state index contributed by atoms with van der Waals surface area (Å²) >= 11 is 0. The summed E-state index contributed by atoms with van der Waals surface area (Å²) in [5.41, 5.74) is 7.95. The molecular weight excluding hydrogens is 276 g/mol. The molecule has 5 heteroatoms. The number of allylic oxidation sites excluding steroid dienone is 3. The zero-order chi connectivity index (χ0) is 16.4. The highest BCUT2D eigenvalue weighted by molar-refractivity contribution is 5.53. The van der Waals surface area contributed by atoms with Crippen LogP contribution in [0.15, 0.2) is 36.2 Å². The van der Waals surface area contributed by atoms with Crippen molar-refractivity contribution in [1.82, 2.24) is 15.5 Å². The molecule has 1 rings (SSSR count). The lowest BCUT2D eigenvalue weighted by Crippen LogP contribution is -2.45. The maximum absolute atomic E-state index is 11.2. The fourth-order valence-corrected chi connectivity index (χ4v) is 3.03. The second-order valence-corrected chi connectivity index (χ2v) is 5.48. The predicted octanol–water partition coefficient (Wildman–Crippen LogP) is 1.15. The van der Waals surface area contributed by atoms with Crippen LogP contribution in [0.1, 0.15) is 26.2 Å². The van der Waals surface area contributed by atoms with Crippen LogP contribution in [0.3, 0.4) is 0 Å². The van der Waals surface area contributed by atoms with E-state index in [-0.39, 0.29) is 6.04 Å². The van der Waals surface area contributed by atoms with Crippen molar-refractivity contribution in [2.75, 3.05) is 26.7 Å². The molecule has 0 aromatic carbocycles. The number of nitrogens with two attached hydrogens (primary N) is 1. The molecule has 124 valence electrons. The van der Waals surface area contributed by atoms with Gasteiger partial charge in [0.2, 0.25) is 0 Å². The lowest BCUT2D eigenvalue weighted by Gasteiger charge is -2.35. The number of likely N-dealkylation sites (N-methyl/N-ethyl adjacent to an activating group) is 1. The van der Waals surface area contributed by atoms with Gasteiger partial charge in [0, 0.05) is 25.7 Å². The summed E-state index contributed by atoms with van der Waals surface area (Å²) in [4.78, 5) is 13.3. The van der Waals surface area contributed by atoms with Crippen LogP contribution in [0.2, 0.25) is 0 Å². The number of rotatable bonds is 10. The van der Waals surface area contributed by atoms with Crippen molar-refractivity contribution >= 4 is 6.29 Å². The Morgan fingerprint density at radius 1 is 1.59 bits per heavy atom. The van der Waals surface area contributed by atoms with Gasteiger partial charge in [-0.2, -0.15) is 0 Å². The van der Waals surface area contributed by atoms with Crippen LogP contribution < -0.4 is 16.4 Å². The van der Waals surface area contributed by atoms with Gasteiger partial charge in [0.25, 0.3) is 0 Å². The van der Waals surface area contributed by atoms with E-state index in [2.05, 4.69) is 22.1 Å². The molecule has 4 N–H and O–H groups in total. The fourth-order valence-electron chi connectivity index (χ4n) is 3.03. The smallest absolute Gasteiger partial charge is 0.139 e. The summed E-state index contributed by atoms with van der Waals surface area (Å²) in [7, 11) is 1.88. The average Bonchev–Trinajstić information content (AvgIpc) is 3.04. The third-order valence-corrected chi connectivity index (χ3v) is 4.12. The minimum atomic E-state index is 0.121. The summed E-state index contributed by atoms with van der Waals surface area (Å²) in [6, 6.07) is 0.603. The van der Waals surface area contributed by atoms with E-state index in [0.717, 1.165) is 30.6 Å². The van der Waals surface area contributed by atoms with Crippen LogP contribution in [-0.4, -0.2) is 50.0 Å². The summed E-state index contributed by atoms with van der Waals surface area (Å²) in [6.07, 6.45) is 9.93. The molecule has 5 nitrogen and oxygen atoms in total. The largest absolute Gasteiger partial charge is 0.387 e. The number of carbonyl (C=O) groups excluding carboxylic acids is 1. The Morgan fingerprint density at radius 3 is 2.82 bits per heavy atom. The molecule has 1 fully saturated rings. The molecule has 22 heavy (non-hydrogen) atoms. The van der Waals surface area contributed by atoms with Gasteiger partial charge in [0.1, 0.15) is 6.29 Å². The van der Waals surface area contributed by atoms with E-state index in [4.69, 9.17) is 5.73 Å². The Hall–Kier alpha value is -1.59. The van der Waals surface area contributed by atoms with Crippen LogP contribution in [0.25, 0.3) is 0 Å². The number of hydrogen-bond acceptors (Lipinski definition) is 5. The normalized spacial score (nSPS) is 20.6. The van der Waals surface area contributed by atoms with Gasteiger partial charge in [-0.05, 0) is 38.8 Å². The van der Waals surface area contributed by atoms with E-state index in [1.807, 2.05) is 26.1 Å². The summed E-state index contributed by atoms with van der Waals surface area (Å²) in [5, 5.41) is 6.69. The lowest BCUT2D eigenvalue weighted by atomic mass is 10.0. The molecule has 2 atom stereocenters. The SMILES string of the molecule is C=C/C=C(\C(=C/C)NC)N(CC=O)C(CN)CC1CCCN1. The molecule has 0 aliphatic carbocycles. The molecule has 0 radical (unpaired) electrons. The van der Waals surface area contributed by atoms with Gasteiger partial charge < -0.3 is 26.1 Å². The van der Waals surface area contributed by atoms with Crippen LogP contribution in [0, 0.1) is 0 Å². The van der Waals surface area contributed by atoms with Crippen molar-refractivity contribution in [2.24, 2.45) is 5.73 Å². The average molecular weight is 306 g/mol. The van der Waals surface area contributed by atoms with Gasteiger partial charge in [-0.3, -0.25) is 0 Å². The van der Waals surface area contributed by atoms with Crippen molar-refractivity contribution < 1.29 is 4.79 Å². The Morgan fingerprint density at radius 2 is 2.36 bits per heavy atom. The van der Waals surface area contributed by atoms with Gasteiger partial charge in [-0.1, -0.05) is 18.7 Å². The number of carbonyl (C=O) groups is 1. The molecule has 1 aliphatic heterocycles. The van der Waals surface area contributed by atoms with Crippen molar-refractivity contribution in [3.8, 4) is 0 Å². The molecular formula is C17H30N4O. The van der Waals surface area contributed by atoms with Crippen LogP contribution in [-0.2, 0) is 4.79 Å². The van der Waals surface area contributed by atoms with E-state index in [9.17, 15) is 4.79 Å². The maximum atomic E-state index is 11.2. The third-order valence-electron chi connectivity index (χ3n) is 4.12. The highest BCUT2D eigenvalue weighted by Crippen LogP contribution is 2.21. The van der Waals surface area contributed by atoms with Crippen LogP contribution in [0.5, 0.6) is 0 Å². The fraction of sp³-hybridized carbons (Fsp3) is 0.588. The quantitative estimate of drug-likeness (QED) is 0.417. The molecule has 0 saturated carbocycles. The highest BCUT2D eigenvalue weighted by Gasteiger charge is 2.25. The second kappa shape index (κ2) is 10.2. The first-order chi connectivity index (χ1) is 10.7. The number of hydrogen-bond donors (Lipinski definition) is 3. The van der Waals surface area contributed by atoms with Crippen molar-refractivity contribution in [3.63, 3.8) is 0 Å². The highest BCUT2D eigenvalue weighted by atomic mass is 16.1. The minimum absolute atomic E-state index is 0.121. The molecule has 0 bridgehead atoms. The monoisotopic (exact) mass is 306 g/mol. The van der Waals surface area contributed by atoms with E-state index in [0.29, 0.717) is 19.1 Å². The maximum Gasteiger partial charge on any atom is 0.139 e. The van der Waals surface area contributed by atoms with Gasteiger partial charge in [0.05, 0.1) is 17.9 Å². The Balaban J connectivity index is 3.01. The Labute approximate surface area is 134 Å². The first kappa shape index (κ1) is 18.5. The van der Waals surface area contributed by atoms with E-state index >= 15 is 0 Å². The Bertz CT molecular complexity index is 411. The lowest BCUT2D eigenvalue weighted by molar-refractivity contribution is -0.108. The number of nitrogens with one attached hydrogen (secondary N) is 2.